The molecule has 1 fully saturated rings. The number of piperidine rings is 1. The topological polar surface area (TPSA) is 23.5 Å². The van der Waals surface area contributed by atoms with Gasteiger partial charge in [-0.25, -0.2) is 8.78 Å². The number of phenols is 1. The Kier molecular flexibility index (Phi) is 3.85. The third-order valence-electron chi connectivity index (χ3n) is 3.90. The Morgan fingerprint density at radius 2 is 1.83 bits per heavy atom. The van der Waals surface area contributed by atoms with Crippen molar-refractivity contribution in [1.29, 1.82) is 0 Å². The van der Waals surface area contributed by atoms with E-state index in [1.165, 1.54) is 12.1 Å². The van der Waals surface area contributed by atoms with Crippen LogP contribution in [0.25, 0.3) is 0 Å². The summed E-state index contributed by atoms with van der Waals surface area (Å²) in [6.07, 6.45) is 1.12. The number of phenolic OH excluding ortho intramolecular Hbond substituents is 1. The summed E-state index contributed by atoms with van der Waals surface area (Å²) in [6, 6.07) is 2.42. The van der Waals surface area contributed by atoms with Crippen molar-refractivity contribution in [2.75, 3.05) is 13.1 Å². The molecule has 1 aliphatic heterocycles. The highest BCUT2D eigenvalue weighted by atomic mass is 19.1. The molecule has 1 aromatic rings. The first-order valence-corrected chi connectivity index (χ1v) is 6.36. The van der Waals surface area contributed by atoms with Crippen LogP contribution in [0, 0.1) is 23.5 Å². The lowest BCUT2D eigenvalue weighted by Crippen LogP contribution is -2.37. The Labute approximate surface area is 106 Å². The van der Waals surface area contributed by atoms with Gasteiger partial charge in [-0.2, -0.15) is 0 Å². The molecule has 2 unspecified atom stereocenters. The highest BCUT2D eigenvalue weighted by Crippen LogP contribution is 2.26. The highest BCUT2D eigenvalue weighted by Gasteiger charge is 2.23. The van der Waals surface area contributed by atoms with Crippen LogP contribution in [0.1, 0.15) is 25.8 Å². The lowest BCUT2D eigenvalue weighted by Gasteiger charge is -2.35. The molecule has 0 spiro atoms. The van der Waals surface area contributed by atoms with E-state index in [0.717, 1.165) is 19.5 Å². The Hall–Kier alpha value is -1.16. The molecule has 0 aromatic heterocycles. The number of aromatic hydroxyl groups is 1. The summed E-state index contributed by atoms with van der Waals surface area (Å²) < 4.78 is 26.4. The van der Waals surface area contributed by atoms with E-state index in [2.05, 4.69) is 18.7 Å². The number of hydrogen-bond donors (Lipinski definition) is 1. The molecule has 0 bridgehead atoms. The third-order valence-corrected chi connectivity index (χ3v) is 3.90. The largest absolute Gasteiger partial charge is 0.503 e. The SMILES string of the molecule is CC1CCN(Cc2cc(F)c(O)c(F)c2)CC1C. The zero-order valence-corrected chi connectivity index (χ0v) is 10.8. The van der Waals surface area contributed by atoms with Crippen molar-refractivity contribution < 1.29 is 13.9 Å². The number of rotatable bonds is 2. The molecule has 100 valence electrons. The van der Waals surface area contributed by atoms with Crippen molar-refractivity contribution in [1.82, 2.24) is 4.90 Å². The maximum atomic E-state index is 13.2. The molecule has 1 saturated heterocycles. The lowest BCUT2D eigenvalue weighted by molar-refractivity contribution is 0.132. The first-order valence-electron chi connectivity index (χ1n) is 6.36. The van der Waals surface area contributed by atoms with Crippen molar-refractivity contribution in [3.8, 4) is 5.75 Å². The third kappa shape index (κ3) is 2.80. The molecule has 1 aromatic carbocycles. The van der Waals surface area contributed by atoms with E-state index in [9.17, 15) is 8.78 Å². The van der Waals surface area contributed by atoms with Gasteiger partial charge in [0.05, 0.1) is 0 Å². The summed E-state index contributed by atoms with van der Waals surface area (Å²) >= 11 is 0. The van der Waals surface area contributed by atoms with E-state index in [4.69, 9.17) is 5.11 Å². The Morgan fingerprint density at radius 1 is 1.22 bits per heavy atom. The molecule has 2 nitrogen and oxygen atoms in total. The maximum Gasteiger partial charge on any atom is 0.187 e. The second kappa shape index (κ2) is 5.22. The molecule has 1 N–H and O–H groups in total. The summed E-state index contributed by atoms with van der Waals surface area (Å²) in [7, 11) is 0. The quantitative estimate of drug-likeness (QED) is 0.877. The lowest BCUT2D eigenvalue weighted by atomic mass is 9.88. The van der Waals surface area contributed by atoms with Crippen LogP contribution in [-0.4, -0.2) is 23.1 Å². The standard InChI is InChI=1S/C14H19F2NO/c1-9-3-4-17(7-10(9)2)8-11-5-12(15)14(18)13(16)6-11/h5-6,9-10,18H,3-4,7-8H2,1-2H3. The van der Waals surface area contributed by atoms with Crippen LogP contribution in [0.2, 0.25) is 0 Å². The van der Waals surface area contributed by atoms with Crippen LogP contribution in [-0.2, 0) is 6.54 Å². The van der Waals surface area contributed by atoms with E-state index in [1.54, 1.807) is 0 Å². The fourth-order valence-electron chi connectivity index (χ4n) is 2.46. The van der Waals surface area contributed by atoms with E-state index >= 15 is 0 Å². The Morgan fingerprint density at radius 3 is 2.39 bits per heavy atom. The van der Waals surface area contributed by atoms with E-state index in [1.807, 2.05) is 0 Å². The van der Waals surface area contributed by atoms with Crippen LogP contribution >= 0.6 is 0 Å². The van der Waals surface area contributed by atoms with Crippen molar-refractivity contribution in [2.45, 2.75) is 26.8 Å². The summed E-state index contributed by atoms with van der Waals surface area (Å²) in [5, 5.41) is 9.05. The predicted molar refractivity (Wildman–Crippen MR) is 66.2 cm³/mol. The van der Waals surface area contributed by atoms with Gasteiger partial charge in [-0.1, -0.05) is 13.8 Å². The highest BCUT2D eigenvalue weighted by molar-refractivity contribution is 5.30. The Balaban J connectivity index is 2.06. The Bertz CT molecular complexity index is 413. The van der Waals surface area contributed by atoms with Gasteiger partial charge in [-0.05, 0) is 42.5 Å². The molecule has 1 heterocycles. The van der Waals surface area contributed by atoms with Gasteiger partial charge in [0.25, 0.3) is 0 Å². The smallest absolute Gasteiger partial charge is 0.187 e. The van der Waals surface area contributed by atoms with Crippen LogP contribution in [0.15, 0.2) is 12.1 Å². The molecule has 1 aliphatic rings. The fourth-order valence-corrected chi connectivity index (χ4v) is 2.46. The summed E-state index contributed by atoms with van der Waals surface area (Å²) in [5.41, 5.74) is 0.574. The van der Waals surface area contributed by atoms with Gasteiger partial charge < -0.3 is 5.11 Å². The van der Waals surface area contributed by atoms with Gasteiger partial charge in [0.1, 0.15) is 0 Å². The number of benzene rings is 1. The maximum absolute atomic E-state index is 13.2. The minimum absolute atomic E-state index is 0.533. The summed E-state index contributed by atoms with van der Waals surface area (Å²) in [6.45, 7) is 6.88. The van der Waals surface area contributed by atoms with Gasteiger partial charge in [-0.3, -0.25) is 4.90 Å². The van der Waals surface area contributed by atoms with Gasteiger partial charge in [0.15, 0.2) is 17.4 Å². The first kappa shape index (κ1) is 13.3. The van der Waals surface area contributed by atoms with Crippen molar-refractivity contribution in [3.05, 3.63) is 29.3 Å². The molecule has 0 radical (unpaired) electrons. The zero-order valence-electron chi connectivity index (χ0n) is 10.8. The van der Waals surface area contributed by atoms with E-state index in [0.29, 0.717) is 23.9 Å². The van der Waals surface area contributed by atoms with Crippen LogP contribution < -0.4 is 0 Å². The fraction of sp³-hybridized carbons (Fsp3) is 0.571. The number of likely N-dealkylation sites (tertiary alicyclic amines) is 1. The average molecular weight is 255 g/mol. The van der Waals surface area contributed by atoms with E-state index in [-0.39, 0.29) is 0 Å². The van der Waals surface area contributed by atoms with Gasteiger partial charge in [-0.15, -0.1) is 0 Å². The second-order valence-corrected chi connectivity index (χ2v) is 5.39. The van der Waals surface area contributed by atoms with Gasteiger partial charge in [0, 0.05) is 13.1 Å². The summed E-state index contributed by atoms with van der Waals surface area (Å²) in [5.74, 6) is -1.36. The van der Waals surface area contributed by atoms with Crippen molar-refractivity contribution >= 4 is 0 Å². The van der Waals surface area contributed by atoms with Gasteiger partial charge >= 0.3 is 0 Å². The minimum atomic E-state index is -0.889. The number of hydrogen-bond acceptors (Lipinski definition) is 2. The normalized spacial score (nSPS) is 25.3. The molecule has 0 saturated carbocycles. The molecule has 0 aliphatic carbocycles. The number of nitrogens with zero attached hydrogens (tertiary/aromatic N) is 1. The van der Waals surface area contributed by atoms with Crippen LogP contribution in [0.3, 0.4) is 0 Å². The molecule has 2 rings (SSSR count). The number of halogens is 2. The molecular formula is C14H19F2NO. The predicted octanol–water partition coefficient (Wildman–Crippen LogP) is 3.15. The minimum Gasteiger partial charge on any atom is -0.503 e. The summed E-state index contributed by atoms with van der Waals surface area (Å²) in [4.78, 5) is 2.20. The molecular weight excluding hydrogens is 236 g/mol. The van der Waals surface area contributed by atoms with Crippen molar-refractivity contribution in [3.63, 3.8) is 0 Å². The van der Waals surface area contributed by atoms with E-state index < -0.39 is 17.4 Å². The van der Waals surface area contributed by atoms with Crippen LogP contribution in [0.4, 0.5) is 8.78 Å². The van der Waals surface area contributed by atoms with Crippen molar-refractivity contribution in [2.24, 2.45) is 11.8 Å². The average Bonchev–Trinajstić information content (AvgIpc) is 2.31. The molecule has 2 atom stereocenters. The second-order valence-electron chi connectivity index (χ2n) is 5.39. The molecule has 4 heteroatoms. The monoisotopic (exact) mass is 255 g/mol. The van der Waals surface area contributed by atoms with Crippen LogP contribution in [0.5, 0.6) is 5.75 Å². The molecule has 18 heavy (non-hydrogen) atoms. The van der Waals surface area contributed by atoms with Gasteiger partial charge in [0.2, 0.25) is 0 Å². The molecule has 0 amide bonds. The first-order chi connectivity index (χ1) is 8.47. The zero-order chi connectivity index (χ0) is 13.3.